The fourth-order valence-electron chi connectivity index (χ4n) is 2.01. The van der Waals surface area contributed by atoms with Crippen LogP contribution in [-0.4, -0.2) is 36.7 Å². The maximum absolute atomic E-state index is 11.9. The number of nitrogens with one attached hydrogen (secondary N) is 1. The van der Waals surface area contributed by atoms with Gasteiger partial charge in [0.25, 0.3) is 0 Å². The standard InChI is InChI=1S/C18H21NO3/c20-16(14-22-17-9-5-2-6-10-17)13-19-12-11-18(21)15-7-3-1-4-8-15/h1-10,16,19-20H,11-14H2. The first kappa shape index (κ1) is 16.2. The summed E-state index contributed by atoms with van der Waals surface area (Å²) in [5.41, 5.74) is 0.720. The normalized spacial score (nSPS) is 11.9. The smallest absolute Gasteiger partial charge is 0.164 e. The van der Waals surface area contributed by atoms with Gasteiger partial charge in [-0.25, -0.2) is 0 Å². The number of aliphatic hydroxyl groups is 1. The molecule has 1 atom stereocenters. The van der Waals surface area contributed by atoms with Gasteiger partial charge in [-0.05, 0) is 12.1 Å². The fourth-order valence-corrected chi connectivity index (χ4v) is 2.01. The molecule has 0 heterocycles. The van der Waals surface area contributed by atoms with Crippen molar-refractivity contribution < 1.29 is 14.6 Å². The molecule has 0 saturated heterocycles. The number of aliphatic hydroxyl groups excluding tert-OH is 1. The molecule has 4 nitrogen and oxygen atoms in total. The SMILES string of the molecule is O=C(CCNCC(O)COc1ccccc1)c1ccccc1. The minimum Gasteiger partial charge on any atom is -0.491 e. The van der Waals surface area contributed by atoms with Gasteiger partial charge in [-0.1, -0.05) is 48.5 Å². The summed E-state index contributed by atoms with van der Waals surface area (Å²) in [6.45, 7) is 1.16. The van der Waals surface area contributed by atoms with Gasteiger partial charge < -0.3 is 15.2 Å². The Morgan fingerprint density at radius 2 is 1.68 bits per heavy atom. The Bertz CT molecular complexity index is 557. The first-order valence-electron chi connectivity index (χ1n) is 7.40. The van der Waals surface area contributed by atoms with Crippen molar-refractivity contribution in [3.8, 4) is 5.75 Å². The second-order valence-corrected chi connectivity index (χ2v) is 5.02. The van der Waals surface area contributed by atoms with Crippen LogP contribution in [0.5, 0.6) is 5.75 Å². The van der Waals surface area contributed by atoms with Crippen molar-refractivity contribution in [1.29, 1.82) is 0 Å². The van der Waals surface area contributed by atoms with E-state index in [1.54, 1.807) is 0 Å². The topological polar surface area (TPSA) is 58.6 Å². The Balaban J connectivity index is 1.59. The zero-order chi connectivity index (χ0) is 15.6. The summed E-state index contributed by atoms with van der Waals surface area (Å²) in [6, 6.07) is 18.6. The van der Waals surface area contributed by atoms with Crippen LogP contribution < -0.4 is 10.1 Å². The first-order chi connectivity index (χ1) is 10.8. The van der Waals surface area contributed by atoms with E-state index in [2.05, 4.69) is 5.32 Å². The molecule has 0 aliphatic rings. The molecule has 0 radical (unpaired) electrons. The predicted octanol–water partition coefficient (Wildman–Crippen LogP) is 2.29. The summed E-state index contributed by atoms with van der Waals surface area (Å²) in [5.74, 6) is 0.837. The van der Waals surface area contributed by atoms with E-state index >= 15 is 0 Å². The van der Waals surface area contributed by atoms with Crippen molar-refractivity contribution in [2.45, 2.75) is 12.5 Å². The lowest BCUT2D eigenvalue weighted by Crippen LogP contribution is -2.32. The minimum atomic E-state index is -0.605. The van der Waals surface area contributed by atoms with Crippen LogP contribution in [0, 0.1) is 0 Å². The van der Waals surface area contributed by atoms with Crippen LogP contribution in [0.4, 0.5) is 0 Å². The largest absolute Gasteiger partial charge is 0.491 e. The highest BCUT2D eigenvalue weighted by Gasteiger charge is 2.07. The van der Waals surface area contributed by atoms with E-state index in [0.29, 0.717) is 19.5 Å². The fraction of sp³-hybridized carbons (Fsp3) is 0.278. The summed E-state index contributed by atoms with van der Waals surface area (Å²) in [4.78, 5) is 11.9. The Labute approximate surface area is 130 Å². The highest BCUT2D eigenvalue weighted by Crippen LogP contribution is 2.08. The third-order valence-corrected chi connectivity index (χ3v) is 3.19. The zero-order valence-corrected chi connectivity index (χ0v) is 12.4. The van der Waals surface area contributed by atoms with Gasteiger partial charge in [0.1, 0.15) is 18.5 Å². The van der Waals surface area contributed by atoms with Crippen LogP contribution in [0.1, 0.15) is 16.8 Å². The molecule has 0 amide bonds. The molecule has 22 heavy (non-hydrogen) atoms. The predicted molar refractivity (Wildman–Crippen MR) is 86.2 cm³/mol. The lowest BCUT2D eigenvalue weighted by atomic mass is 10.1. The van der Waals surface area contributed by atoms with Crippen LogP contribution in [0.15, 0.2) is 60.7 Å². The van der Waals surface area contributed by atoms with E-state index in [1.165, 1.54) is 0 Å². The highest BCUT2D eigenvalue weighted by atomic mass is 16.5. The third-order valence-electron chi connectivity index (χ3n) is 3.19. The average Bonchev–Trinajstić information content (AvgIpc) is 2.58. The van der Waals surface area contributed by atoms with E-state index in [-0.39, 0.29) is 12.4 Å². The molecule has 1 unspecified atom stereocenters. The molecular weight excluding hydrogens is 278 g/mol. The quantitative estimate of drug-likeness (QED) is 0.551. The Morgan fingerprint density at radius 3 is 2.36 bits per heavy atom. The van der Waals surface area contributed by atoms with E-state index in [9.17, 15) is 9.90 Å². The number of benzene rings is 2. The van der Waals surface area contributed by atoms with Crippen molar-refractivity contribution in [3.63, 3.8) is 0 Å². The summed E-state index contributed by atoms with van der Waals surface area (Å²) >= 11 is 0. The van der Waals surface area contributed by atoms with E-state index in [1.807, 2.05) is 60.7 Å². The van der Waals surface area contributed by atoms with Crippen molar-refractivity contribution in [2.75, 3.05) is 19.7 Å². The molecule has 0 bridgehead atoms. The highest BCUT2D eigenvalue weighted by molar-refractivity contribution is 5.96. The Morgan fingerprint density at radius 1 is 1.05 bits per heavy atom. The molecule has 0 aliphatic heterocycles. The molecule has 2 aromatic rings. The molecule has 4 heteroatoms. The molecule has 0 aliphatic carbocycles. The molecule has 116 valence electrons. The monoisotopic (exact) mass is 299 g/mol. The van der Waals surface area contributed by atoms with Crippen LogP contribution in [0.2, 0.25) is 0 Å². The van der Waals surface area contributed by atoms with E-state index in [4.69, 9.17) is 4.74 Å². The van der Waals surface area contributed by atoms with Gasteiger partial charge >= 0.3 is 0 Å². The number of hydrogen-bond acceptors (Lipinski definition) is 4. The molecule has 0 saturated carbocycles. The second-order valence-electron chi connectivity index (χ2n) is 5.02. The molecule has 0 aromatic heterocycles. The number of Topliss-reactive ketones (excluding diaryl/α,β-unsaturated/α-hetero) is 1. The van der Waals surface area contributed by atoms with Crippen molar-refractivity contribution in [1.82, 2.24) is 5.32 Å². The average molecular weight is 299 g/mol. The number of rotatable bonds is 9. The van der Waals surface area contributed by atoms with Crippen molar-refractivity contribution in [2.24, 2.45) is 0 Å². The van der Waals surface area contributed by atoms with Crippen LogP contribution >= 0.6 is 0 Å². The Hall–Kier alpha value is -2.17. The van der Waals surface area contributed by atoms with Gasteiger partial charge in [0.2, 0.25) is 0 Å². The molecule has 2 aromatic carbocycles. The molecule has 2 rings (SSSR count). The summed E-state index contributed by atoms with van der Waals surface area (Å²) in [7, 11) is 0. The number of hydrogen-bond donors (Lipinski definition) is 2. The van der Waals surface area contributed by atoms with Crippen LogP contribution in [0.25, 0.3) is 0 Å². The summed E-state index contributed by atoms with van der Waals surface area (Å²) < 4.78 is 5.46. The zero-order valence-electron chi connectivity index (χ0n) is 12.4. The number of carbonyl (C=O) groups excluding carboxylic acids is 1. The van der Waals surface area contributed by atoms with Gasteiger partial charge in [-0.3, -0.25) is 4.79 Å². The van der Waals surface area contributed by atoms with E-state index in [0.717, 1.165) is 11.3 Å². The van der Waals surface area contributed by atoms with Crippen molar-refractivity contribution in [3.05, 3.63) is 66.2 Å². The number of ketones is 1. The maximum Gasteiger partial charge on any atom is 0.164 e. The number of carbonyl (C=O) groups is 1. The first-order valence-corrected chi connectivity index (χ1v) is 7.40. The number of para-hydroxylation sites is 1. The van der Waals surface area contributed by atoms with Gasteiger partial charge in [0, 0.05) is 25.1 Å². The second kappa shape index (κ2) is 8.97. The maximum atomic E-state index is 11.9. The van der Waals surface area contributed by atoms with Gasteiger partial charge in [0.05, 0.1) is 0 Å². The van der Waals surface area contributed by atoms with Crippen molar-refractivity contribution >= 4 is 5.78 Å². The van der Waals surface area contributed by atoms with Crippen LogP contribution in [-0.2, 0) is 0 Å². The van der Waals surface area contributed by atoms with E-state index < -0.39 is 6.10 Å². The molecule has 2 N–H and O–H groups in total. The summed E-state index contributed by atoms with van der Waals surface area (Å²) in [6.07, 6.45) is -0.192. The lowest BCUT2D eigenvalue weighted by Gasteiger charge is -2.13. The van der Waals surface area contributed by atoms with Gasteiger partial charge in [0.15, 0.2) is 5.78 Å². The number of ether oxygens (including phenoxy) is 1. The summed E-state index contributed by atoms with van der Waals surface area (Å²) in [5, 5.41) is 12.9. The third kappa shape index (κ3) is 5.68. The molecule has 0 spiro atoms. The minimum absolute atomic E-state index is 0.100. The lowest BCUT2D eigenvalue weighted by molar-refractivity contribution is 0.0963. The van der Waals surface area contributed by atoms with Crippen LogP contribution in [0.3, 0.4) is 0 Å². The molecular formula is C18H21NO3. The van der Waals surface area contributed by atoms with Gasteiger partial charge in [-0.2, -0.15) is 0 Å². The Kier molecular flexibility index (Phi) is 6.61. The molecule has 0 fully saturated rings. The van der Waals surface area contributed by atoms with Gasteiger partial charge in [-0.15, -0.1) is 0 Å².